The lowest BCUT2D eigenvalue weighted by molar-refractivity contribution is 0.407. The van der Waals surface area contributed by atoms with Gasteiger partial charge in [0.15, 0.2) is 11.5 Å². The van der Waals surface area contributed by atoms with Crippen LogP contribution < -0.4 is 10.2 Å². The minimum Gasteiger partial charge on any atom is -0.368 e. The number of benzene rings is 2. The molecule has 2 aromatic heterocycles. The Hall–Kier alpha value is -3.82. The van der Waals surface area contributed by atoms with Gasteiger partial charge < -0.3 is 14.8 Å². The second-order valence-corrected chi connectivity index (χ2v) is 9.66. The van der Waals surface area contributed by atoms with E-state index in [1.807, 2.05) is 24.3 Å². The maximum Gasteiger partial charge on any atom is 0.187 e. The lowest BCUT2D eigenvalue weighted by Crippen LogP contribution is -2.54. The zero-order valence-corrected chi connectivity index (χ0v) is 19.8. The smallest absolute Gasteiger partial charge is 0.187 e. The molecule has 4 heterocycles. The average molecular weight is 449 g/mol. The molecule has 0 amide bonds. The molecule has 2 atom stereocenters. The van der Waals surface area contributed by atoms with Gasteiger partial charge in [-0.3, -0.25) is 4.57 Å². The fraction of sp³-hybridized carbons (Fsp3) is 0.286. The summed E-state index contributed by atoms with van der Waals surface area (Å²) in [5, 5.41) is 3.63. The highest BCUT2D eigenvalue weighted by Gasteiger charge is 2.25. The van der Waals surface area contributed by atoms with Crippen molar-refractivity contribution in [2.24, 2.45) is 0 Å². The van der Waals surface area contributed by atoms with Crippen LogP contribution in [0.1, 0.15) is 25.1 Å². The molecule has 170 valence electrons. The Bertz CT molecular complexity index is 1410. The predicted molar refractivity (Wildman–Crippen MR) is 137 cm³/mol. The number of nitrogens with zero attached hydrogens (tertiary/aromatic N) is 5. The highest BCUT2D eigenvalue weighted by atomic mass is 15.2. The molecule has 2 aliphatic heterocycles. The summed E-state index contributed by atoms with van der Waals surface area (Å²) in [4.78, 5) is 10.9. The van der Waals surface area contributed by atoms with Crippen LogP contribution in [0.3, 0.4) is 0 Å². The maximum atomic E-state index is 7.22. The SMILES string of the molecule is [C-]#[N+]c1ccc(-c2cc3n(c2)Cc2cc(N4C[C@@H](C)N[C@@H](C)C4)ccc2-n2cc(C)nc2-3)cc1. The number of imidazole rings is 1. The molecule has 34 heavy (non-hydrogen) atoms. The van der Waals surface area contributed by atoms with Gasteiger partial charge in [0, 0.05) is 55.4 Å². The third-order valence-corrected chi connectivity index (χ3v) is 6.87. The number of piperazine rings is 1. The Morgan fingerprint density at radius 3 is 2.47 bits per heavy atom. The van der Waals surface area contributed by atoms with Crippen LogP contribution in [0, 0.1) is 13.5 Å². The molecule has 1 fully saturated rings. The average Bonchev–Trinajstić information content (AvgIpc) is 3.39. The Kier molecular flexibility index (Phi) is 4.82. The van der Waals surface area contributed by atoms with Crippen LogP contribution in [0.25, 0.3) is 33.2 Å². The van der Waals surface area contributed by atoms with Gasteiger partial charge in [-0.25, -0.2) is 9.83 Å². The first kappa shape index (κ1) is 20.8. The molecule has 0 radical (unpaired) electrons. The zero-order valence-electron chi connectivity index (χ0n) is 19.8. The topological polar surface area (TPSA) is 42.4 Å². The number of aromatic nitrogens is 3. The quantitative estimate of drug-likeness (QED) is 0.367. The van der Waals surface area contributed by atoms with E-state index in [2.05, 4.69) is 81.6 Å². The summed E-state index contributed by atoms with van der Waals surface area (Å²) in [7, 11) is 0. The monoisotopic (exact) mass is 448 g/mol. The second-order valence-electron chi connectivity index (χ2n) is 9.66. The summed E-state index contributed by atoms with van der Waals surface area (Å²) in [6.07, 6.45) is 4.35. The Morgan fingerprint density at radius 1 is 0.971 bits per heavy atom. The van der Waals surface area contributed by atoms with Gasteiger partial charge in [-0.1, -0.05) is 24.3 Å². The van der Waals surface area contributed by atoms with E-state index in [1.54, 1.807) is 0 Å². The predicted octanol–water partition coefficient (Wildman–Crippen LogP) is 5.42. The van der Waals surface area contributed by atoms with Crippen molar-refractivity contribution in [3.05, 3.63) is 83.6 Å². The zero-order chi connectivity index (χ0) is 23.4. The van der Waals surface area contributed by atoms with Crippen molar-refractivity contribution in [2.75, 3.05) is 18.0 Å². The first-order valence-corrected chi connectivity index (χ1v) is 11.9. The summed E-state index contributed by atoms with van der Waals surface area (Å²) in [6.45, 7) is 16.6. The van der Waals surface area contributed by atoms with Crippen molar-refractivity contribution in [2.45, 2.75) is 39.4 Å². The summed E-state index contributed by atoms with van der Waals surface area (Å²) in [5.41, 5.74) is 8.80. The summed E-state index contributed by atoms with van der Waals surface area (Å²) >= 11 is 0. The number of nitrogens with one attached hydrogen (secondary N) is 1. The lowest BCUT2D eigenvalue weighted by atomic mass is 10.1. The molecular formula is C28H28N6. The Labute approximate surface area is 200 Å². The van der Waals surface area contributed by atoms with E-state index >= 15 is 0 Å². The molecule has 6 nitrogen and oxygen atoms in total. The molecule has 0 spiro atoms. The van der Waals surface area contributed by atoms with E-state index in [-0.39, 0.29) is 0 Å². The molecular weight excluding hydrogens is 420 g/mol. The van der Waals surface area contributed by atoms with E-state index in [9.17, 15) is 0 Å². The van der Waals surface area contributed by atoms with E-state index in [0.29, 0.717) is 17.8 Å². The molecule has 1 saturated heterocycles. The van der Waals surface area contributed by atoms with Crippen LogP contribution in [0.2, 0.25) is 0 Å². The van der Waals surface area contributed by atoms with Gasteiger partial charge in [-0.15, -0.1) is 0 Å². The molecule has 1 N–H and O–H groups in total. The van der Waals surface area contributed by atoms with Crippen LogP contribution in [-0.4, -0.2) is 39.3 Å². The molecule has 2 aliphatic rings. The molecule has 0 saturated carbocycles. The third-order valence-electron chi connectivity index (χ3n) is 6.87. The van der Waals surface area contributed by atoms with Crippen LogP contribution in [0.5, 0.6) is 0 Å². The first-order valence-electron chi connectivity index (χ1n) is 11.9. The summed E-state index contributed by atoms with van der Waals surface area (Å²) in [5.74, 6) is 0.970. The van der Waals surface area contributed by atoms with Crippen molar-refractivity contribution in [1.82, 2.24) is 19.4 Å². The van der Waals surface area contributed by atoms with Crippen molar-refractivity contribution >= 4 is 11.4 Å². The van der Waals surface area contributed by atoms with Crippen LogP contribution in [0.15, 0.2) is 60.9 Å². The second kappa shape index (κ2) is 7.89. The van der Waals surface area contributed by atoms with Crippen molar-refractivity contribution < 1.29 is 0 Å². The number of rotatable bonds is 2. The molecule has 4 aromatic rings. The number of anilines is 1. The highest BCUT2D eigenvalue weighted by Crippen LogP contribution is 2.36. The molecule has 0 bridgehead atoms. The molecule has 6 rings (SSSR count). The van der Waals surface area contributed by atoms with Crippen molar-refractivity contribution in [1.29, 1.82) is 0 Å². The largest absolute Gasteiger partial charge is 0.368 e. The summed E-state index contributed by atoms with van der Waals surface area (Å²) in [6, 6.07) is 17.8. The standard InChI is InChI=1S/C28H28N6/c1-18-13-32(14-19(2)30-18)25-9-10-26-23(11-25)17-33-16-22(21-5-7-24(29-4)8-6-21)12-27(33)28-31-20(3)15-34(26)28/h5-12,15-16,18-19,30H,13-14,17H2,1-3H3/t18-,19+. The van der Waals surface area contributed by atoms with Crippen LogP contribution in [-0.2, 0) is 6.54 Å². The van der Waals surface area contributed by atoms with Gasteiger partial charge >= 0.3 is 0 Å². The van der Waals surface area contributed by atoms with Crippen LogP contribution >= 0.6 is 0 Å². The number of aryl methyl sites for hydroxylation is 1. The minimum absolute atomic E-state index is 0.471. The van der Waals surface area contributed by atoms with Crippen molar-refractivity contribution in [3.63, 3.8) is 0 Å². The van der Waals surface area contributed by atoms with Gasteiger partial charge in [0.2, 0.25) is 0 Å². The summed E-state index contributed by atoms with van der Waals surface area (Å²) < 4.78 is 4.55. The number of hydrogen-bond acceptors (Lipinski definition) is 3. The molecule has 0 unspecified atom stereocenters. The van der Waals surface area contributed by atoms with E-state index < -0.39 is 0 Å². The fourth-order valence-electron chi connectivity index (χ4n) is 5.43. The molecule has 6 heteroatoms. The first-order chi connectivity index (χ1) is 16.5. The van der Waals surface area contributed by atoms with E-state index in [1.165, 1.54) is 16.9 Å². The fourth-order valence-corrected chi connectivity index (χ4v) is 5.43. The van der Waals surface area contributed by atoms with E-state index in [0.717, 1.165) is 48.0 Å². The van der Waals surface area contributed by atoms with Gasteiger partial charge in [-0.05, 0) is 56.2 Å². The van der Waals surface area contributed by atoms with Crippen molar-refractivity contribution in [3.8, 4) is 28.3 Å². The Morgan fingerprint density at radius 2 is 1.74 bits per heavy atom. The number of hydrogen-bond donors (Lipinski definition) is 1. The van der Waals surface area contributed by atoms with Gasteiger partial charge in [0.1, 0.15) is 0 Å². The molecule has 0 aliphatic carbocycles. The van der Waals surface area contributed by atoms with Gasteiger partial charge in [-0.2, -0.15) is 0 Å². The lowest BCUT2D eigenvalue weighted by Gasteiger charge is -2.38. The minimum atomic E-state index is 0.471. The van der Waals surface area contributed by atoms with Gasteiger partial charge in [0.25, 0.3) is 0 Å². The normalized spacial score (nSPS) is 19.1. The third kappa shape index (κ3) is 3.49. The maximum absolute atomic E-state index is 7.22. The van der Waals surface area contributed by atoms with Crippen LogP contribution in [0.4, 0.5) is 11.4 Å². The van der Waals surface area contributed by atoms with Gasteiger partial charge in [0.05, 0.1) is 23.6 Å². The Balaban J connectivity index is 1.44. The van der Waals surface area contributed by atoms with E-state index in [4.69, 9.17) is 11.6 Å². The number of fused-ring (bicyclic) bond motifs is 5. The highest BCUT2D eigenvalue weighted by molar-refractivity contribution is 5.73. The molecule has 2 aromatic carbocycles.